The Hall–Kier alpha value is -2.23. The Morgan fingerprint density at radius 3 is 2.44 bits per heavy atom. The van der Waals surface area contributed by atoms with Crippen LogP contribution in [0.5, 0.6) is 5.75 Å². The monoisotopic (exact) mass is 501 g/mol. The molecule has 0 unspecified atom stereocenters. The number of hydrogen-bond donors (Lipinski definition) is 0. The van der Waals surface area contributed by atoms with Crippen molar-refractivity contribution < 1.29 is 13.2 Å². The van der Waals surface area contributed by atoms with Crippen LogP contribution >= 0.6 is 11.6 Å². The third-order valence-electron chi connectivity index (χ3n) is 7.87. The van der Waals surface area contributed by atoms with E-state index in [0.29, 0.717) is 29.9 Å². The van der Waals surface area contributed by atoms with E-state index in [0.717, 1.165) is 68.2 Å². The molecule has 0 aromatic carbocycles. The summed E-state index contributed by atoms with van der Waals surface area (Å²) in [7, 11) is -3.15. The minimum absolute atomic E-state index is 0.102. The first-order chi connectivity index (χ1) is 16.2. The molecule has 0 atom stereocenters. The molecule has 0 radical (unpaired) electrons. The number of aromatic nitrogens is 3. The normalized spacial score (nSPS) is 23.4. The maximum absolute atomic E-state index is 11.8. The minimum Gasteiger partial charge on any atom is -0.485 e. The number of piperidine rings is 1. The Bertz CT molecular complexity index is 1250. The molecule has 4 aliphatic rings. The third-order valence-corrected chi connectivity index (χ3v) is 9.33. The molecule has 0 amide bonds. The number of rotatable bonds is 3. The lowest BCUT2D eigenvalue weighted by atomic mass is 9.54. The highest BCUT2D eigenvalue weighted by Gasteiger charge is 2.59. The summed E-state index contributed by atoms with van der Waals surface area (Å²) in [6, 6.07) is 2.15. The molecule has 2 spiro atoms. The summed E-state index contributed by atoms with van der Waals surface area (Å²) in [6.45, 7) is 2.82. The SMILES string of the molecule is CS(=O)(=O)N1CC=C(c2cc3c(cn2)OC2(C3)CC3(CCN(c4ncc(Cl)cn4)CC3)C2)CC1. The zero-order valence-corrected chi connectivity index (χ0v) is 20.8. The van der Waals surface area contributed by atoms with E-state index in [1.807, 2.05) is 12.3 Å². The average Bonchev–Trinajstić information content (AvgIpc) is 3.17. The fourth-order valence-corrected chi connectivity index (χ4v) is 7.07. The van der Waals surface area contributed by atoms with Gasteiger partial charge < -0.3 is 9.64 Å². The number of nitrogens with zero attached hydrogens (tertiary/aromatic N) is 5. The third kappa shape index (κ3) is 3.97. The predicted molar refractivity (Wildman–Crippen MR) is 130 cm³/mol. The van der Waals surface area contributed by atoms with Crippen LogP contribution in [0.3, 0.4) is 0 Å². The standard InChI is InChI=1S/C24H28ClN5O3S/c1-34(31,32)30-6-2-17(3-7-30)20-10-18-11-24(33-21(18)14-26-20)15-23(16-24)4-8-29(9-5-23)22-27-12-19(25)13-28-22/h2,10,12-14H,3-9,11,15-16H2,1H3. The highest BCUT2D eigenvalue weighted by atomic mass is 35.5. The van der Waals surface area contributed by atoms with Gasteiger partial charge in [-0.25, -0.2) is 18.4 Å². The number of fused-ring (bicyclic) bond motifs is 1. The van der Waals surface area contributed by atoms with Gasteiger partial charge in [-0.1, -0.05) is 17.7 Å². The molecule has 1 aliphatic carbocycles. The fraction of sp³-hybridized carbons (Fsp3) is 0.542. The molecule has 180 valence electrons. The van der Waals surface area contributed by atoms with Crippen LogP contribution in [-0.4, -0.2) is 65.7 Å². The molecule has 8 nitrogen and oxygen atoms in total. The maximum atomic E-state index is 11.8. The summed E-state index contributed by atoms with van der Waals surface area (Å²) in [5.41, 5.74) is 3.51. The van der Waals surface area contributed by atoms with Crippen LogP contribution in [0.25, 0.3) is 5.57 Å². The van der Waals surface area contributed by atoms with E-state index in [4.69, 9.17) is 16.3 Å². The maximum Gasteiger partial charge on any atom is 0.225 e. The first-order valence-corrected chi connectivity index (χ1v) is 14.0. The molecule has 6 rings (SSSR count). The second kappa shape index (κ2) is 7.90. The van der Waals surface area contributed by atoms with Crippen molar-refractivity contribution in [3.05, 3.63) is 47.0 Å². The van der Waals surface area contributed by atoms with E-state index >= 15 is 0 Å². The molecule has 3 aliphatic heterocycles. The summed E-state index contributed by atoms with van der Waals surface area (Å²) < 4.78 is 31.5. The van der Waals surface area contributed by atoms with E-state index < -0.39 is 10.0 Å². The summed E-state index contributed by atoms with van der Waals surface area (Å²) in [5, 5.41) is 0.560. The number of ether oxygens (including phenoxy) is 1. The van der Waals surface area contributed by atoms with Gasteiger partial charge in [-0.3, -0.25) is 4.98 Å². The zero-order valence-electron chi connectivity index (χ0n) is 19.2. The van der Waals surface area contributed by atoms with Crippen molar-refractivity contribution in [3.63, 3.8) is 0 Å². The molecule has 10 heteroatoms. The molecular weight excluding hydrogens is 474 g/mol. The lowest BCUT2D eigenvalue weighted by molar-refractivity contribution is -0.106. The Labute approximate surface area is 205 Å². The highest BCUT2D eigenvalue weighted by molar-refractivity contribution is 7.88. The van der Waals surface area contributed by atoms with Gasteiger partial charge in [0.05, 0.1) is 35.6 Å². The second-order valence-corrected chi connectivity index (χ2v) is 12.7. The summed E-state index contributed by atoms with van der Waals surface area (Å²) in [5.74, 6) is 1.66. The topological polar surface area (TPSA) is 88.5 Å². The smallest absolute Gasteiger partial charge is 0.225 e. The number of anilines is 1. The highest BCUT2D eigenvalue weighted by Crippen LogP contribution is 2.60. The van der Waals surface area contributed by atoms with Crippen LogP contribution in [0, 0.1) is 5.41 Å². The van der Waals surface area contributed by atoms with Gasteiger partial charge in [0.1, 0.15) is 11.4 Å². The minimum atomic E-state index is -3.15. The predicted octanol–water partition coefficient (Wildman–Crippen LogP) is 3.33. The van der Waals surface area contributed by atoms with Crippen LogP contribution in [0.15, 0.2) is 30.7 Å². The van der Waals surface area contributed by atoms with E-state index in [-0.39, 0.29) is 5.60 Å². The molecule has 34 heavy (non-hydrogen) atoms. The molecule has 1 saturated heterocycles. The van der Waals surface area contributed by atoms with Crippen LogP contribution in [-0.2, 0) is 16.4 Å². The van der Waals surface area contributed by atoms with Crippen LogP contribution in [0.1, 0.15) is 43.4 Å². The van der Waals surface area contributed by atoms with E-state index in [1.54, 1.807) is 12.4 Å². The molecule has 2 fully saturated rings. The van der Waals surface area contributed by atoms with Crippen LogP contribution in [0.4, 0.5) is 5.95 Å². The van der Waals surface area contributed by atoms with Crippen LogP contribution in [0.2, 0.25) is 5.02 Å². The summed E-state index contributed by atoms with van der Waals surface area (Å²) >= 11 is 5.92. The van der Waals surface area contributed by atoms with Crippen molar-refractivity contribution in [1.29, 1.82) is 0 Å². The zero-order chi connectivity index (χ0) is 23.6. The van der Waals surface area contributed by atoms with E-state index in [9.17, 15) is 8.42 Å². The quantitative estimate of drug-likeness (QED) is 0.637. The Kier molecular flexibility index (Phi) is 5.17. The largest absolute Gasteiger partial charge is 0.485 e. The number of sulfonamides is 1. The first kappa shape index (κ1) is 22.2. The van der Waals surface area contributed by atoms with Gasteiger partial charge in [-0.05, 0) is 49.2 Å². The van der Waals surface area contributed by atoms with Crippen molar-refractivity contribution >= 4 is 33.1 Å². The number of halogens is 1. The molecule has 0 bridgehead atoms. The van der Waals surface area contributed by atoms with Gasteiger partial charge in [-0.15, -0.1) is 0 Å². The Balaban J connectivity index is 1.09. The Morgan fingerprint density at radius 2 is 1.79 bits per heavy atom. The van der Waals surface area contributed by atoms with Gasteiger partial charge in [0, 0.05) is 38.2 Å². The average molecular weight is 502 g/mol. The molecule has 1 saturated carbocycles. The van der Waals surface area contributed by atoms with Gasteiger partial charge >= 0.3 is 0 Å². The lowest BCUT2D eigenvalue weighted by Gasteiger charge is -2.57. The molecule has 0 N–H and O–H groups in total. The van der Waals surface area contributed by atoms with E-state index in [2.05, 4.69) is 25.9 Å². The first-order valence-electron chi connectivity index (χ1n) is 11.8. The van der Waals surface area contributed by atoms with Gasteiger partial charge in [0.2, 0.25) is 16.0 Å². The Morgan fingerprint density at radius 1 is 1.06 bits per heavy atom. The molecule has 2 aromatic heterocycles. The molecular formula is C24H28ClN5O3S. The van der Waals surface area contributed by atoms with Gasteiger partial charge in [0.25, 0.3) is 0 Å². The van der Waals surface area contributed by atoms with Crippen molar-refractivity contribution in [2.24, 2.45) is 5.41 Å². The number of pyridine rings is 1. The van der Waals surface area contributed by atoms with Gasteiger partial charge in [-0.2, -0.15) is 4.31 Å². The number of hydrogen-bond acceptors (Lipinski definition) is 7. The summed E-state index contributed by atoms with van der Waals surface area (Å²) in [6.07, 6.45) is 14.4. The lowest BCUT2D eigenvalue weighted by Crippen LogP contribution is -2.58. The molecule has 2 aromatic rings. The van der Waals surface area contributed by atoms with Gasteiger partial charge in [0.15, 0.2) is 0 Å². The van der Waals surface area contributed by atoms with Crippen molar-refractivity contribution in [3.8, 4) is 5.75 Å². The van der Waals surface area contributed by atoms with Crippen LogP contribution < -0.4 is 9.64 Å². The van der Waals surface area contributed by atoms with Crippen molar-refractivity contribution in [2.75, 3.05) is 37.3 Å². The fourth-order valence-electron chi connectivity index (χ4n) is 6.21. The van der Waals surface area contributed by atoms with E-state index in [1.165, 1.54) is 16.1 Å². The molecule has 5 heterocycles. The van der Waals surface area contributed by atoms with Crippen molar-refractivity contribution in [2.45, 2.75) is 44.1 Å². The van der Waals surface area contributed by atoms with Crippen molar-refractivity contribution in [1.82, 2.24) is 19.3 Å². The summed E-state index contributed by atoms with van der Waals surface area (Å²) in [4.78, 5) is 15.6. The second-order valence-electron chi connectivity index (χ2n) is 10.3.